The van der Waals surface area contributed by atoms with Crippen molar-refractivity contribution in [3.05, 3.63) is 35.9 Å². The molecule has 1 rings (SSSR count). The zero-order chi connectivity index (χ0) is 24.8. The minimum absolute atomic E-state index is 0.256. The molecule has 0 saturated carbocycles. The molecule has 0 aromatic heterocycles. The van der Waals surface area contributed by atoms with E-state index in [-0.39, 0.29) is 5.54 Å². The fraction of sp³-hybridized carbons (Fsp3) is 0.806. The Kier molecular flexibility index (Phi) is 20.5. The van der Waals surface area contributed by atoms with Gasteiger partial charge in [0.1, 0.15) is 5.54 Å². The third-order valence-electron chi connectivity index (χ3n) is 7.79. The van der Waals surface area contributed by atoms with Crippen LogP contribution in [0.1, 0.15) is 135 Å². The Hall–Kier alpha value is -0.530. The van der Waals surface area contributed by atoms with Gasteiger partial charge in [-0.05, 0) is 19.3 Å². The molecule has 0 aliphatic carbocycles. The van der Waals surface area contributed by atoms with Gasteiger partial charge in [0.05, 0.1) is 20.6 Å². The van der Waals surface area contributed by atoms with E-state index < -0.39 is 0 Å². The molecule has 0 aliphatic rings. The lowest BCUT2D eigenvalue weighted by molar-refractivity contribution is -0.951. The monoisotopic (exact) mass is 480 g/mol. The number of quaternary nitrogens is 1. The Bertz CT molecular complexity index is 527. The first-order chi connectivity index (χ1) is 16.0. The van der Waals surface area contributed by atoms with Gasteiger partial charge >= 0.3 is 0 Å². The second-order valence-electron chi connectivity index (χ2n) is 10.5. The van der Waals surface area contributed by atoms with Crippen molar-refractivity contribution in [2.45, 2.75) is 135 Å². The molecule has 194 valence electrons. The van der Waals surface area contributed by atoms with Crippen molar-refractivity contribution in [3.8, 4) is 0 Å². The Labute approximate surface area is 214 Å². The van der Waals surface area contributed by atoms with Crippen LogP contribution in [0.2, 0.25) is 0 Å². The van der Waals surface area contributed by atoms with Gasteiger partial charge in [0.25, 0.3) is 0 Å². The van der Waals surface area contributed by atoms with Gasteiger partial charge in [-0.1, -0.05) is 128 Å². The molecule has 0 fully saturated rings. The number of hydrogen-bond acceptors (Lipinski definition) is 0. The van der Waals surface area contributed by atoms with Gasteiger partial charge in [-0.2, -0.15) is 0 Å². The summed E-state index contributed by atoms with van der Waals surface area (Å²) in [5.74, 6) is 0. The molecule has 0 saturated heterocycles. The molecule has 0 amide bonds. The van der Waals surface area contributed by atoms with Gasteiger partial charge < -0.3 is 4.48 Å². The van der Waals surface area contributed by atoms with E-state index in [1.807, 2.05) is 0 Å². The number of halogens is 1. The molecule has 0 radical (unpaired) electrons. The van der Waals surface area contributed by atoms with E-state index in [1.54, 1.807) is 0 Å². The summed E-state index contributed by atoms with van der Waals surface area (Å²) in [6.45, 7) is 8.34. The summed E-state index contributed by atoms with van der Waals surface area (Å²) < 4.78 is 1.12. The minimum Gasteiger partial charge on any atom is -0.320 e. The highest BCUT2D eigenvalue weighted by molar-refractivity contribution is 6.15. The van der Waals surface area contributed by atoms with Crippen LogP contribution < -0.4 is 0 Å². The van der Waals surface area contributed by atoms with Gasteiger partial charge in [-0.15, -0.1) is 11.6 Å². The van der Waals surface area contributed by atoms with Gasteiger partial charge in [-0.25, -0.2) is 0 Å². The molecular weight excluding hydrogens is 422 g/mol. The predicted molar refractivity (Wildman–Crippen MR) is 152 cm³/mol. The van der Waals surface area contributed by atoms with Crippen molar-refractivity contribution in [3.63, 3.8) is 0 Å². The molecule has 0 heterocycles. The van der Waals surface area contributed by atoms with Gasteiger partial charge in [0.2, 0.25) is 0 Å². The maximum atomic E-state index is 4.64. The van der Waals surface area contributed by atoms with Gasteiger partial charge in [0.15, 0.2) is 0 Å². The number of nitrogens with zero attached hydrogens (tertiary/aromatic N) is 1. The zero-order valence-electron chi connectivity index (χ0n) is 23.4. The lowest BCUT2D eigenvalue weighted by Crippen LogP contribution is -2.57. The molecule has 2 heteroatoms. The van der Waals surface area contributed by atoms with E-state index in [1.165, 1.54) is 128 Å². The first kappa shape index (κ1) is 32.5. The second kappa shape index (κ2) is 20.8. The van der Waals surface area contributed by atoms with Crippen molar-refractivity contribution < 1.29 is 4.48 Å². The summed E-state index contributed by atoms with van der Waals surface area (Å²) >= 11 is 4.64. The molecule has 1 unspecified atom stereocenters. The second-order valence-corrected chi connectivity index (χ2v) is 10.5. The van der Waals surface area contributed by atoms with Gasteiger partial charge in [0, 0.05) is 24.8 Å². The quantitative estimate of drug-likeness (QED) is 0.0987. The molecule has 0 N–H and O–H groups in total. The molecule has 0 bridgehead atoms. The summed E-state index contributed by atoms with van der Waals surface area (Å²) in [5.41, 5.74) is 1.79. The van der Waals surface area contributed by atoms with Crippen LogP contribution in [-0.4, -0.2) is 31.5 Å². The summed E-state index contributed by atoms with van der Waals surface area (Å²) in [7, 11) is 4.96. The number of unbranched alkanes of at least 4 members (excludes halogenated alkanes) is 13. The van der Waals surface area contributed by atoms with Crippen LogP contribution in [0.4, 0.5) is 0 Å². The fourth-order valence-electron chi connectivity index (χ4n) is 5.68. The number of benzene rings is 1. The minimum atomic E-state index is 0.256. The Morgan fingerprint density at radius 2 is 1.03 bits per heavy atom. The summed E-state index contributed by atoms with van der Waals surface area (Å²) in [5, 5.41) is 0. The van der Waals surface area contributed by atoms with E-state index in [2.05, 4.69) is 76.8 Å². The molecule has 1 atom stereocenters. The van der Waals surface area contributed by atoms with Crippen molar-refractivity contribution in [1.29, 1.82) is 0 Å². The van der Waals surface area contributed by atoms with Crippen LogP contribution in [0, 0.1) is 0 Å². The van der Waals surface area contributed by atoms with Gasteiger partial charge in [-0.3, -0.25) is 0 Å². The number of alkyl halides is 1. The van der Waals surface area contributed by atoms with Crippen LogP contribution in [0.5, 0.6) is 0 Å². The SMILES string of the molecule is CCCCCCCCCCCCCCCC[N+](C)(C)C(CC)(CCC)c1ccccc1.CCl. The van der Waals surface area contributed by atoms with E-state index in [9.17, 15) is 0 Å². The van der Waals surface area contributed by atoms with Crippen LogP contribution in [-0.2, 0) is 5.54 Å². The van der Waals surface area contributed by atoms with E-state index in [0.717, 1.165) is 4.48 Å². The Balaban J connectivity index is 0.00000497. The predicted octanol–water partition coefficient (Wildman–Crippen LogP) is 10.5. The third-order valence-corrected chi connectivity index (χ3v) is 7.79. The topological polar surface area (TPSA) is 0 Å². The highest BCUT2D eigenvalue weighted by Crippen LogP contribution is 2.40. The maximum absolute atomic E-state index is 4.64. The molecule has 33 heavy (non-hydrogen) atoms. The standard InChI is InChI=1S/C30H56N.CH3Cl/c1-6-9-10-11-12-13-14-15-16-17-18-19-20-24-28-31(4,5)30(8-3,27-7-2)29-25-22-21-23-26-29;1-2/h21-23,25-26H,6-20,24,27-28H2,1-5H3;1H3/q+1;. The largest absolute Gasteiger partial charge is 0.320 e. The molecule has 1 aromatic rings. The highest BCUT2D eigenvalue weighted by Gasteiger charge is 2.44. The Morgan fingerprint density at radius 1 is 0.606 bits per heavy atom. The highest BCUT2D eigenvalue weighted by atomic mass is 35.5. The average molecular weight is 481 g/mol. The van der Waals surface area contributed by atoms with E-state index in [4.69, 9.17) is 0 Å². The summed E-state index contributed by atoms with van der Waals surface area (Å²) in [6, 6.07) is 11.3. The molecule has 1 aromatic carbocycles. The molecule has 1 nitrogen and oxygen atoms in total. The van der Waals surface area contributed by atoms with Crippen molar-refractivity contribution in [1.82, 2.24) is 0 Å². The summed E-state index contributed by atoms with van der Waals surface area (Å²) in [4.78, 5) is 0. The van der Waals surface area contributed by atoms with Crippen molar-refractivity contribution in [2.24, 2.45) is 0 Å². The molecular formula is C31H59ClN+. The van der Waals surface area contributed by atoms with E-state index >= 15 is 0 Å². The van der Waals surface area contributed by atoms with Crippen molar-refractivity contribution in [2.75, 3.05) is 27.0 Å². The average Bonchev–Trinajstić information content (AvgIpc) is 2.84. The molecule has 0 spiro atoms. The fourth-order valence-corrected chi connectivity index (χ4v) is 5.68. The smallest absolute Gasteiger partial charge is 0.124 e. The van der Waals surface area contributed by atoms with Crippen LogP contribution >= 0.6 is 11.6 Å². The maximum Gasteiger partial charge on any atom is 0.124 e. The van der Waals surface area contributed by atoms with Crippen LogP contribution in [0.25, 0.3) is 0 Å². The lowest BCUT2D eigenvalue weighted by atomic mass is 9.79. The number of rotatable bonds is 20. The first-order valence-electron chi connectivity index (χ1n) is 14.3. The normalized spacial score (nSPS) is 13.3. The first-order valence-corrected chi connectivity index (χ1v) is 15.1. The Morgan fingerprint density at radius 3 is 1.42 bits per heavy atom. The van der Waals surface area contributed by atoms with E-state index in [0.29, 0.717) is 0 Å². The van der Waals surface area contributed by atoms with Crippen LogP contribution in [0.3, 0.4) is 0 Å². The lowest BCUT2D eigenvalue weighted by Gasteiger charge is -2.49. The van der Waals surface area contributed by atoms with Crippen LogP contribution in [0.15, 0.2) is 30.3 Å². The summed E-state index contributed by atoms with van der Waals surface area (Å²) in [6.07, 6.45) is 25.3. The third kappa shape index (κ3) is 12.7. The number of hydrogen-bond donors (Lipinski definition) is 0. The molecule has 0 aliphatic heterocycles. The zero-order valence-corrected chi connectivity index (χ0v) is 24.2. The van der Waals surface area contributed by atoms with Crippen molar-refractivity contribution >= 4 is 11.6 Å².